The summed E-state index contributed by atoms with van der Waals surface area (Å²) in [7, 11) is 0. The number of nitrogens with one attached hydrogen (secondary N) is 1. The second-order valence-electron chi connectivity index (χ2n) is 6.80. The van der Waals surface area contributed by atoms with Gasteiger partial charge in [-0.25, -0.2) is 5.84 Å². The van der Waals surface area contributed by atoms with E-state index in [1.165, 1.54) is 6.42 Å². The Balaban J connectivity index is 1.78. The molecule has 6 nitrogen and oxygen atoms in total. The lowest BCUT2D eigenvalue weighted by Gasteiger charge is -2.37. The van der Waals surface area contributed by atoms with E-state index in [4.69, 9.17) is 5.84 Å². The maximum absolute atomic E-state index is 12.4. The average molecular weight is 296 g/mol. The minimum absolute atomic E-state index is 0.0471. The fourth-order valence-electron chi connectivity index (χ4n) is 3.72. The van der Waals surface area contributed by atoms with E-state index in [2.05, 4.69) is 24.2 Å². The molecule has 3 N–H and O–H groups in total. The zero-order chi connectivity index (χ0) is 15.4. The molecule has 2 fully saturated rings. The summed E-state index contributed by atoms with van der Waals surface area (Å²) in [6, 6.07) is 0. The summed E-state index contributed by atoms with van der Waals surface area (Å²) in [5.74, 6) is 6.53. The van der Waals surface area contributed by atoms with E-state index in [1.807, 2.05) is 4.90 Å². The Labute approximate surface area is 127 Å². The quantitative estimate of drug-likeness (QED) is 0.443. The van der Waals surface area contributed by atoms with Crippen LogP contribution in [0.25, 0.3) is 0 Å². The molecule has 2 unspecified atom stereocenters. The number of hydrogen-bond donors (Lipinski definition) is 2. The Bertz CT molecular complexity index is 370. The first kappa shape index (κ1) is 16.2. The summed E-state index contributed by atoms with van der Waals surface area (Å²) in [5.41, 5.74) is 2.20. The third-order valence-corrected chi connectivity index (χ3v) is 4.66. The molecule has 2 atom stereocenters. The molecule has 0 spiro atoms. The molecule has 0 saturated carbocycles. The van der Waals surface area contributed by atoms with Crippen LogP contribution in [-0.2, 0) is 9.59 Å². The van der Waals surface area contributed by atoms with Crippen LogP contribution in [-0.4, -0.2) is 54.3 Å². The molecule has 2 aliphatic heterocycles. The SMILES string of the molecule is CC1CC(C)CN(CC(=O)N2CCC(C(=O)NN)CC2)C1. The van der Waals surface area contributed by atoms with E-state index >= 15 is 0 Å². The minimum Gasteiger partial charge on any atom is -0.342 e. The van der Waals surface area contributed by atoms with E-state index < -0.39 is 0 Å². The zero-order valence-corrected chi connectivity index (χ0v) is 13.2. The Morgan fingerprint density at radius 1 is 1.14 bits per heavy atom. The van der Waals surface area contributed by atoms with Gasteiger partial charge in [-0.1, -0.05) is 13.8 Å². The van der Waals surface area contributed by atoms with Crippen molar-refractivity contribution in [3.8, 4) is 0 Å². The largest absolute Gasteiger partial charge is 0.342 e. The molecule has 6 heteroatoms. The number of hydrazine groups is 1. The Morgan fingerprint density at radius 3 is 2.24 bits per heavy atom. The normalized spacial score (nSPS) is 28.4. The van der Waals surface area contributed by atoms with Crippen LogP contribution in [0.5, 0.6) is 0 Å². The summed E-state index contributed by atoms with van der Waals surface area (Å²) in [5, 5.41) is 0. The molecular formula is C15H28N4O2. The predicted octanol–water partition coefficient (Wildman–Crippen LogP) is 0.193. The molecule has 2 aliphatic rings. The second-order valence-corrected chi connectivity index (χ2v) is 6.80. The van der Waals surface area contributed by atoms with Crippen molar-refractivity contribution >= 4 is 11.8 Å². The lowest BCUT2D eigenvalue weighted by molar-refractivity contribution is -0.137. The van der Waals surface area contributed by atoms with Gasteiger partial charge in [0.05, 0.1) is 6.54 Å². The van der Waals surface area contributed by atoms with Gasteiger partial charge < -0.3 is 4.90 Å². The number of carbonyl (C=O) groups excluding carboxylic acids is 2. The van der Waals surface area contributed by atoms with Gasteiger partial charge in [0.25, 0.3) is 0 Å². The van der Waals surface area contributed by atoms with Gasteiger partial charge in [0, 0.05) is 32.1 Å². The molecule has 0 aliphatic carbocycles. The second kappa shape index (κ2) is 7.22. The molecule has 2 saturated heterocycles. The molecule has 2 amide bonds. The van der Waals surface area contributed by atoms with Crippen molar-refractivity contribution in [3.05, 3.63) is 0 Å². The Kier molecular flexibility index (Phi) is 5.58. The van der Waals surface area contributed by atoms with Gasteiger partial charge in [0.2, 0.25) is 11.8 Å². The first-order valence-electron chi connectivity index (χ1n) is 8.00. The fraction of sp³-hybridized carbons (Fsp3) is 0.867. The van der Waals surface area contributed by atoms with Gasteiger partial charge >= 0.3 is 0 Å². The number of piperidine rings is 2. The van der Waals surface area contributed by atoms with Gasteiger partial charge in [-0.3, -0.25) is 19.9 Å². The molecule has 0 aromatic heterocycles. The fourth-order valence-corrected chi connectivity index (χ4v) is 3.72. The maximum atomic E-state index is 12.4. The molecule has 0 radical (unpaired) electrons. The van der Waals surface area contributed by atoms with Crippen LogP contribution in [0.3, 0.4) is 0 Å². The third kappa shape index (κ3) is 4.41. The van der Waals surface area contributed by atoms with Crippen molar-refractivity contribution < 1.29 is 9.59 Å². The standard InChI is InChI=1S/C15H28N4O2/c1-11-7-12(2)9-18(8-11)10-14(20)19-5-3-13(4-6-19)15(21)17-16/h11-13H,3-10,16H2,1-2H3,(H,17,21). The highest BCUT2D eigenvalue weighted by atomic mass is 16.2. The lowest BCUT2D eigenvalue weighted by atomic mass is 9.92. The summed E-state index contributed by atoms with van der Waals surface area (Å²) in [6.45, 7) is 8.38. The Hall–Kier alpha value is -1.14. The van der Waals surface area contributed by atoms with E-state index in [9.17, 15) is 9.59 Å². The van der Waals surface area contributed by atoms with Gasteiger partial charge in [-0.15, -0.1) is 0 Å². The highest BCUT2D eigenvalue weighted by Gasteiger charge is 2.29. The van der Waals surface area contributed by atoms with Crippen molar-refractivity contribution in [1.29, 1.82) is 0 Å². The number of amides is 2. The van der Waals surface area contributed by atoms with Gasteiger partial charge in [0.1, 0.15) is 0 Å². The lowest BCUT2D eigenvalue weighted by Crippen LogP contribution is -2.49. The number of nitrogens with two attached hydrogens (primary N) is 1. The molecule has 120 valence electrons. The number of nitrogens with zero attached hydrogens (tertiary/aromatic N) is 2. The van der Waals surface area contributed by atoms with Crippen LogP contribution in [0.1, 0.15) is 33.1 Å². The minimum atomic E-state index is -0.110. The first-order valence-corrected chi connectivity index (χ1v) is 8.00. The highest BCUT2D eigenvalue weighted by Crippen LogP contribution is 2.22. The average Bonchev–Trinajstić information content (AvgIpc) is 2.45. The van der Waals surface area contributed by atoms with Gasteiger partial charge in [0.15, 0.2) is 0 Å². The molecule has 2 heterocycles. The topological polar surface area (TPSA) is 78.7 Å². The van der Waals surface area contributed by atoms with Crippen molar-refractivity contribution in [1.82, 2.24) is 15.2 Å². The molecule has 0 bridgehead atoms. The van der Waals surface area contributed by atoms with E-state index in [-0.39, 0.29) is 17.7 Å². The monoisotopic (exact) mass is 296 g/mol. The molecule has 21 heavy (non-hydrogen) atoms. The van der Waals surface area contributed by atoms with Crippen molar-refractivity contribution in [3.63, 3.8) is 0 Å². The molecule has 0 aromatic rings. The van der Waals surface area contributed by atoms with E-state index in [0.717, 1.165) is 13.1 Å². The summed E-state index contributed by atoms with van der Waals surface area (Å²) in [6.07, 6.45) is 2.67. The van der Waals surface area contributed by atoms with Crippen LogP contribution in [0.2, 0.25) is 0 Å². The Morgan fingerprint density at radius 2 is 1.71 bits per heavy atom. The van der Waals surface area contributed by atoms with Crippen LogP contribution in [0.4, 0.5) is 0 Å². The third-order valence-electron chi connectivity index (χ3n) is 4.66. The summed E-state index contributed by atoms with van der Waals surface area (Å²) in [4.78, 5) is 28.0. The van der Waals surface area contributed by atoms with Gasteiger partial charge in [-0.2, -0.15) is 0 Å². The predicted molar refractivity (Wildman–Crippen MR) is 81.0 cm³/mol. The molecule has 2 rings (SSSR count). The van der Waals surface area contributed by atoms with Crippen molar-refractivity contribution in [2.45, 2.75) is 33.1 Å². The van der Waals surface area contributed by atoms with E-state index in [1.54, 1.807) is 0 Å². The van der Waals surface area contributed by atoms with Crippen LogP contribution in [0, 0.1) is 17.8 Å². The molecule has 0 aromatic carbocycles. The van der Waals surface area contributed by atoms with Crippen LogP contribution in [0.15, 0.2) is 0 Å². The van der Waals surface area contributed by atoms with E-state index in [0.29, 0.717) is 44.3 Å². The molecular weight excluding hydrogens is 268 g/mol. The number of rotatable bonds is 3. The zero-order valence-electron chi connectivity index (χ0n) is 13.2. The van der Waals surface area contributed by atoms with Crippen LogP contribution < -0.4 is 11.3 Å². The number of likely N-dealkylation sites (tertiary alicyclic amines) is 2. The van der Waals surface area contributed by atoms with Crippen molar-refractivity contribution in [2.75, 3.05) is 32.7 Å². The maximum Gasteiger partial charge on any atom is 0.237 e. The number of carbonyl (C=O) groups is 2. The highest BCUT2D eigenvalue weighted by molar-refractivity contribution is 5.80. The van der Waals surface area contributed by atoms with Crippen LogP contribution >= 0.6 is 0 Å². The van der Waals surface area contributed by atoms with Gasteiger partial charge in [-0.05, 0) is 31.1 Å². The number of hydrogen-bond acceptors (Lipinski definition) is 4. The van der Waals surface area contributed by atoms with Crippen molar-refractivity contribution in [2.24, 2.45) is 23.6 Å². The first-order chi connectivity index (χ1) is 9.99. The summed E-state index contributed by atoms with van der Waals surface area (Å²) < 4.78 is 0. The summed E-state index contributed by atoms with van der Waals surface area (Å²) >= 11 is 0. The smallest absolute Gasteiger partial charge is 0.237 e.